The summed E-state index contributed by atoms with van der Waals surface area (Å²) in [7, 11) is -3.20. The second-order valence-electron chi connectivity index (χ2n) is 12.8. The number of fused-ring (bicyclic) bond motifs is 1. The first kappa shape index (κ1) is 39.2. The van der Waals surface area contributed by atoms with Crippen LogP contribution in [0.2, 0.25) is 0 Å². The lowest BCUT2D eigenvalue weighted by Crippen LogP contribution is -2.43. The number of nitrogens with one attached hydrogen (secondary N) is 1. The summed E-state index contributed by atoms with van der Waals surface area (Å²) in [6.07, 6.45) is -7.08. The molecule has 286 valence electrons. The Bertz CT molecular complexity index is 2140. The molecular weight excluding hydrogens is 735 g/mol. The number of aryl methyl sites for hydroxylation is 1. The number of hydrogen-bond donors (Lipinski definition) is 1. The maximum Gasteiger partial charge on any atom is 0.435 e. The summed E-state index contributed by atoms with van der Waals surface area (Å²) in [4.78, 5) is 43.8. The highest BCUT2D eigenvalue weighted by molar-refractivity contribution is 7.90. The molecule has 1 N–H and O–H groups in total. The number of amides is 3. The first-order valence-corrected chi connectivity index (χ1v) is 17.9. The fraction of sp³-hybridized carbons (Fsp3) is 0.314. The van der Waals surface area contributed by atoms with Crippen LogP contribution in [0.5, 0.6) is 0 Å². The normalized spacial score (nSPS) is 14.5. The van der Waals surface area contributed by atoms with Crippen LogP contribution in [0.25, 0.3) is 16.9 Å². The summed E-state index contributed by atoms with van der Waals surface area (Å²) < 4.78 is 74.9. The molecule has 0 radical (unpaired) electrons. The second kappa shape index (κ2) is 15.6. The second-order valence-corrected chi connectivity index (χ2v) is 14.5. The van der Waals surface area contributed by atoms with Crippen LogP contribution >= 0.6 is 0 Å². The number of hydrogen-bond acceptors (Lipinski definition) is 10. The van der Waals surface area contributed by atoms with Crippen molar-refractivity contribution < 1.29 is 50.5 Å². The summed E-state index contributed by atoms with van der Waals surface area (Å²) in [6.45, 7) is 6.38. The Kier molecular flexibility index (Phi) is 11.3. The van der Waals surface area contributed by atoms with Crippen LogP contribution in [-0.4, -0.2) is 76.9 Å². The highest BCUT2D eigenvalue weighted by atomic mass is 32.2. The fourth-order valence-electron chi connectivity index (χ4n) is 5.55. The predicted octanol–water partition coefficient (Wildman–Crippen LogP) is 6.08. The largest absolute Gasteiger partial charge is 0.569 e. The van der Waals surface area contributed by atoms with Crippen LogP contribution in [-0.2, 0) is 25.8 Å². The molecule has 1 aliphatic rings. The minimum atomic E-state index is -4.74. The standard InChI is InChI=1S/C35H36F3N7O8S/c1-21(2)18-26(42(5)45(49)41-53-23(4)43-32(46)28-8-6-7-9-29(28)33(43)47)20-52-34(48)40-54(50,51)27-16-14-25(15-17-27)44-30(19-31(39-44)35(36,37)38)24-12-10-22(3)11-13-24/h6-17,19,21,23,26H,18,20H2,1-5H3,(H,40,48)/b45-41-/t23?,26-/m0/s1. The van der Waals surface area contributed by atoms with E-state index in [4.69, 9.17) is 9.57 Å². The van der Waals surface area contributed by atoms with Crippen molar-refractivity contribution in [3.8, 4) is 16.9 Å². The van der Waals surface area contributed by atoms with E-state index in [1.54, 1.807) is 41.1 Å². The summed E-state index contributed by atoms with van der Waals surface area (Å²) >= 11 is 0. The van der Waals surface area contributed by atoms with Gasteiger partial charge in [0, 0.05) is 5.56 Å². The van der Waals surface area contributed by atoms with Crippen LogP contribution in [0.1, 0.15) is 59.2 Å². The molecule has 1 aromatic heterocycles. The minimum Gasteiger partial charge on any atom is -0.569 e. The lowest BCUT2D eigenvalue weighted by Gasteiger charge is -2.25. The lowest BCUT2D eigenvalue weighted by molar-refractivity contribution is -0.714. The average molecular weight is 772 g/mol. The number of sulfonamides is 1. The zero-order valence-corrected chi connectivity index (χ0v) is 30.5. The SMILES string of the molecule is Cc1ccc(-c2cc(C(F)(F)F)nn2-c2ccc(S(=O)(=O)NC(=O)OC[C@H](CC(C)C)N(C)/[N+]([O-])=N/OC(C)N3C(=O)c4ccccc4C3=O)cc2)cc1. The van der Waals surface area contributed by atoms with Crippen LogP contribution in [0.3, 0.4) is 0 Å². The monoisotopic (exact) mass is 771 g/mol. The van der Waals surface area contributed by atoms with Gasteiger partial charge in [0.2, 0.25) is 11.5 Å². The fourth-order valence-corrected chi connectivity index (χ4v) is 6.44. The van der Waals surface area contributed by atoms with Gasteiger partial charge < -0.3 is 14.8 Å². The average Bonchev–Trinajstić information content (AvgIpc) is 3.68. The highest BCUT2D eigenvalue weighted by Crippen LogP contribution is 2.33. The number of hydrazine groups is 1. The van der Waals surface area contributed by atoms with E-state index in [0.29, 0.717) is 5.56 Å². The molecule has 4 aromatic rings. The number of ether oxygens (including phenoxy) is 1. The number of nitrogens with zero attached hydrogens (tertiary/aromatic N) is 6. The zero-order valence-electron chi connectivity index (χ0n) is 29.6. The van der Waals surface area contributed by atoms with Crippen molar-refractivity contribution in [1.29, 1.82) is 0 Å². The van der Waals surface area contributed by atoms with E-state index in [2.05, 4.69) is 10.4 Å². The van der Waals surface area contributed by atoms with Crippen molar-refractivity contribution in [3.63, 3.8) is 0 Å². The topological polar surface area (TPSA) is 179 Å². The van der Waals surface area contributed by atoms with Crippen molar-refractivity contribution in [2.24, 2.45) is 11.2 Å². The van der Waals surface area contributed by atoms with E-state index >= 15 is 0 Å². The van der Waals surface area contributed by atoms with Gasteiger partial charge in [0.1, 0.15) is 12.6 Å². The smallest absolute Gasteiger partial charge is 0.435 e. The van der Waals surface area contributed by atoms with Gasteiger partial charge in [-0.2, -0.15) is 18.3 Å². The molecule has 1 unspecified atom stereocenters. The summed E-state index contributed by atoms with van der Waals surface area (Å²) in [5, 5.41) is 21.1. The predicted molar refractivity (Wildman–Crippen MR) is 185 cm³/mol. The number of benzene rings is 3. The number of alkyl halides is 3. The Morgan fingerprint density at radius 1 is 1.00 bits per heavy atom. The third-order valence-electron chi connectivity index (χ3n) is 8.36. The van der Waals surface area contributed by atoms with Crippen LogP contribution in [0.15, 0.2) is 89.0 Å². The van der Waals surface area contributed by atoms with Gasteiger partial charge in [-0.25, -0.2) is 27.5 Å². The van der Waals surface area contributed by atoms with E-state index in [1.165, 1.54) is 38.2 Å². The molecule has 0 spiro atoms. The maximum atomic E-state index is 13.6. The molecule has 0 saturated carbocycles. The van der Waals surface area contributed by atoms with Gasteiger partial charge in [0.05, 0.1) is 39.4 Å². The first-order chi connectivity index (χ1) is 25.4. The minimum absolute atomic E-state index is 0.0357. The van der Waals surface area contributed by atoms with E-state index < -0.39 is 63.6 Å². The van der Waals surface area contributed by atoms with Crippen molar-refractivity contribution in [1.82, 2.24) is 24.4 Å². The van der Waals surface area contributed by atoms with Crippen LogP contribution in [0.4, 0.5) is 18.0 Å². The van der Waals surface area contributed by atoms with Crippen LogP contribution in [0, 0.1) is 18.0 Å². The molecule has 2 atom stereocenters. The van der Waals surface area contributed by atoms with Crippen molar-refractivity contribution >= 4 is 27.9 Å². The molecule has 19 heteroatoms. The van der Waals surface area contributed by atoms with Gasteiger partial charge in [0.25, 0.3) is 21.8 Å². The molecular formula is C35H36F3N7O8S. The molecule has 1 aliphatic heterocycles. The van der Waals surface area contributed by atoms with E-state index in [0.717, 1.165) is 38.4 Å². The zero-order chi connectivity index (χ0) is 39.5. The molecule has 3 amide bonds. The molecule has 0 fully saturated rings. The molecule has 0 bridgehead atoms. The van der Waals surface area contributed by atoms with Gasteiger partial charge in [-0.15, -0.1) is 5.01 Å². The Labute approximate surface area is 308 Å². The maximum absolute atomic E-state index is 13.6. The molecule has 0 saturated heterocycles. The van der Waals surface area contributed by atoms with Gasteiger partial charge in [-0.3, -0.25) is 9.59 Å². The van der Waals surface area contributed by atoms with Gasteiger partial charge in [-0.05, 0) is 68.7 Å². The molecule has 0 aliphatic carbocycles. The highest BCUT2D eigenvalue weighted by Gasteiger charge is 2.40. The van der Waals surface area contributed by atoms with Crippen molar-refractivity contribution in [2.75, 3.05) is 13.7 Å². The first-order valence-electron chi connectivity index (χ1n) is 16.5. The Morgan fingerprint density at radius 3 is 2.15 bits per heavy atom. The number of likely N-dealkylation sites (N-methyl/N-ethyl adjacent to an activating group) is 1. The number of carbonyl (C=O) groups is 3. The summed E-state index contributed by atoms with van der Waals surface area (Å²) in [5.74, 6) is -1.26. The van der Waals surface area contributed by atoms with E-state index in [-0.39, 0.29) is 39.8 Å². The molecule has 15 nitrogen and oxygen atoms in total. The molecule has 3 aromatic carbocycles. The number of rotatable bonds is 13. The van der Waals surface area contributed by atoms with Crippen LogP contribution < -0.4 is 4.72 Å². The third-order valence-corrected chi connectivity index (χ3v) is 9.69. The molecule has 54 heavy (non-hydrogen) atoms. The van der Waals surface area contributed by atoms with Gasteiger partial charge >= 0.3 is 12.3 Å². The Balaban J connectivity index is 1.23. The number of halogens is 3. The molecule has 5 rings (SSSR count). The quantitative estimate of drug-likeness (QED) is 0.0725. The molecule has 2 heterocycles. The lowest BCUT2D eigenvalue weighted by atomic mass is 10.0. The Hall–Kier alpha value is -5.98. The van der Waals surface area contributed by atoms with Crippen molar-refractivity contribution in [2.45, 2.75) is 57.5 Å². The van der Waals surface area contributed by atoms with Crippen molar-refractivity contribution in [3.05, 3.63) is 106 Å². The van der Waals surface area contributed by atoms with Gasteiger partial charge in [0.15, 0.2) is 5.69 Å². The summed E-state index contributed by atoms with van der Waals surface area (Å²) in [6, 6.07) is 17.6. The van der Waals surface area contributed by atoms with E-state index in [9.17, 15) is 41.2 Å². The Morgan fingerprint density at radius 2 is 1.59 bits per heavy atom. The number of imide groups is 1. The van der Waals surface area contributed by atoms with E-state index in [1.807, 2.05) is 20.8 Å². The number of carbonyl (C=O) groups excluding carboxylic acids is 3. The third kappa shape index (κ3) is 8.62. The number of aromatic nitrogens is 2. The van der Waals surface area contributed by atoms with Gasteiger partial charge in [-0.1, -0.05) is 55.8 Å². The summed E-state index contributed by atoms with van der Waals surface area (Å²) in [5.41, 5.74) is 0.813.